The Kier molecular flexibility index (Phi) is 10.6. The van der Waals surface area contributed by atoms with Crippen LogP contribution in [0.4, 0.5) is 5.69 Å². The first-order valence-electron chi connectivity index (χ1n) is 14.3. The minimum Gasteiger partial charge on any atom is -0.497 e. The zero-order valence-electron chi connectivity index (χ0n) is 25.6. The predicted octanol–water partition coefficient (Wildman–Crippen LogP) is 3.27. The molecule has 0 unspecified atom stereocenters. The van der Waals surface area contributed by atoms with Crippen molar-refractivity contribution in [3.8, 4) is 17.2 Å². The number of ether oxygens (including phenoxy) is 3. The van der Waals surface area contributed by atoms with Crippen molar-refractivity contribution in [1.29, 1.82) is 0 Å². The number of morpholine rings is 1. The van der Waals surface area contributed by atoms with Crippen LogP contribution in [0, 0.1) is 6.92 Å². The second kappa shape index (κ2) is 14.8. The molecule has 3 aromatic carbocycles. The van der Waals surface area contributed by atoms with Gasteiger partial charge in [-0.1, -0.05) is 23.9 Å². The average Bonchev–Trinajstić information content (AvgIpc) is 3.48. The monoisotopic (exact) mass is 666 g/mol. The number of rotatable bonds is 12. The normalized spacial score (nSPS) is 13.6. The lowest BCUT2D eigenvalue weighted by Crippen LogP contribution is -2.40. The Hall–Kier alpha value is -4.44. The summed E-state index contributed by atoms with van der Waals surface area (Å²) in [5.41, 5.74) is 2.54. The van der Waals surface area contributed by atoms with E-state index in [1.165, 1.54) is 47.4 Å². The molecule has 2 amide bonds. The van der Waals surface area contributed by atoms with Crippen LogP contribution in [0.25, 0.3) is 5.69 Å². The quantitative estimate of drug-likeness (QED) is 0.215. The van der Waals surface area contributed by atoms with Crippen molar-refractivity contribution in [2.75, 3.05) is 51.6 Å². The van der Waals surface area contributed by atoms with Gasteiger partial charge in [-0.3, -0.25) is 14.2 Å². The molecule has 0 spiro atoms. The summed E-state index contributed by atoms with van der Waals surface area (Å²) >= 11 is 1.17. The number of nitrogens with one attached hydrogen (secondary N) is 2. The van der Waals surface area contributed by atoms with E-state index in [1.807, 2.05) is 31.2 Å². The van der Waals surface area contributed by atoms with Crippen molar-refractivity contribution >= 4 is 39.3 Å². The van der Waals surface area contributed by atoms with Crippen LogP contribution in [0.3, 0.4) is 0 Å². The molecule has 1 fully saturated rings. The number of hydrogen-bond donors (Lipinski definition) is 2. The molecule has 15 heteroatoms. The number of nitrogens with zero attached hydrogens (tertiary/aromatic N) is 4. The van der Waals surface area contributed by atoms with Crippen LogP contribution >= 0.6 is 11.8 Å². The van der Waals surface area contributed by atoms with Gasteiger partial charge in [0.25, 0.3) is 5.91 Å². The largest absolute Gasteiger partial charge is 0.497 e. The number of aryl methyl sites for hydroxylation is 1. The molecule has 5 rings (SSSR count). The number of benzene rings is 3. The van der Waals surface area contributed by atoms with Crippen LogP contribution in [0.2, 0.25) is 0 Å². The number of thioether (sulfide) groups is 1. The fourth-order valence-electron chi connectivity index (χ4n) is 4.75. The van der Waals surface area contributed by atoms with Gasteiger partial charge in [0.1, 0.15) is 11.5 Å². The van der Waals surface area contributed by atoms with E-state index in [1.54, 1.807) is 29.9 Å². The van der Waals surface area contributed by atoms with Crippen molar-refractivity contribution in [3.63, 3.8) is 0 Å². The molecule has 0 radical (unpaired) electrons. The van der Waals surface area contributed by atoms with Crippen molar-refractivity contribution in [2.24, 2.45) is 0 Å². The maximum atomic E-state index is 13.1. The first-order chi connectivity index (χ1) is 22.2. The van der Waals surface area contributed by atoms with Crippen LogP contribution < -0.4 is 20.1 Å². The molecule has 1 aliphatic heterocycles. The van der Waals surface area contributed by atoms with E-state index < -0.39 is 15.9 Å². The van der Waals surface area contributed by atoms with E-state index in [4.69, 9.17) is 14.2 Å². The second-order valence-electron chi connectivity index (χ2n) is 10.2. The number of carbonyl (C=O) groups excluding carboxylic acids is 2. The van der Waals surface area contributed by atoms with Crippen LogP contribution in [-0.2, 0) is 26.1 Å². The third-order valence-corrected chi connectivity index (χ3v) is 9.93. The number of methoxy groups -OCH3 is 2. The summed E-state index contributed by atoms with van der Waals surface area (Å²) in [5.74, 6) is 0.805. The SMILES string of the molecule is COc1ccc(OC)c(-n2c(CNC(=O)c3ccc(S(=O)(=O)N4CCOCC4)cc3)nnc2SCC(=O)Nc2cccc(C)c2)c1. The standard InChI is InChI=1S/C31H34N6O7S2/c1-21-5-4-6-23(17-21)33-29(38)20-45-31-35-34-28(37(31)26-18-24(42-2)9-12-27(26)43-3)19-32-30(39)22-7-10-25(11-8-22)46(40,41)36-13-15-44-16-14-36/h4-12,17-18H,13-16,19-20H2,1-3H3,(H,32,39)(H,33,38). The predicted molar refractivity (Wildman–Crippen MR) is 172 cm³/mol. The zero-order chi connectivity index (χ0) is 32.7. The van der Waals surface area contributed by atoms with Crippen molar-refractivity contribution < 1.29 is 32.2 Å². The molecule has 1 aliphatic rings. The minimum absolute atomic E-state index is 0.0317. The molecule has 242 valence electrons. The number of aromatic nitrogens is 3. The Bertz CT molecular complexity index is 1810. The van der Waals surface area contributed by atoms with Crippen LogP contribution in [0.1, 0.15) is 21.7 Å². The Balaban J connectivity index is 1.34. The van der Waals surface area contributed by atoms with Gasteiger partial charge in [0.15, 0.2) is 11.0 Å². The van der Waals surface area contributed by atoms with Gasteiger partial charge in [0.05, 0.1) is 50.3 Å². The number of anilines is 1. The van der Waals surface area contributed by atoms with E-state index in [0.717, 1.165) is 5.56 Å². The smallest absolute Gasteiger partial charge is 0.251 e. The van der Waals surface area contributed by atoms with E-state index in [0.29, 0.717) is 47.1 Å². The van der Waals surface area contributed by atoms with Crippen LogP contribution in [0.15, 0.2) is 76.8 Å². The third kappa shape index (κ3) is 7.67. The highest BCUT2D eigenvalue weighted by atomic mass is 32.2. The molecule has 0 bridgehead atoms. The molecule has 0 saturated carbocycles. The first kappa shape index (κ1) is 32.9. The van der Waals surface area contributed by atoms with Gasteiger partial charge in [-0.25, -0.2) is 8.42 Å². The molecule has 13 nitrogen and oxygen atoms in total. The molecule has 2 N–H and O–H groups in total. The van der Waals surface area contributed by atoms with Gasteiger partial charge < -0.3 is 24.8 Å². The van der Waals surface area contributed by atoms with Gasteiger partial charge in [-0.15, -0.1) is 10.2 Å². The van der Waals surface area contributed by atoms with Crippen LogP contribution in [-0.4, -0.2) is 85.6 Å². The second-order valence-corrected chi connectivity index (χ2v) is 13.1. The summed E-state index contributed by atoms with van der Waals surface area (Å²) in [5, 5.41) is 14.7. The highest BCUT2D eigenvalue weighted by molar-refractivity contribution is 7.99. The Morgan fingerprint density at radius 2 is 1.74 bits per heavy atom. The topological polar surface area (TPSA) is 154 Å². The first-order valence-corrected chi connectivity index (χ1v) is 16.7. The molecule has 4 aromatic rings. The molecule has 1 saturated heterocycles. The van der Waals surface area contributed by atoms with Crippen molar-refractivity contribution in [2.45, 2.75) is 23.5 Å². The lowest BCUT2D eigenvalue weighted by atomic mass is 10.2. The summed E-state index contributed by atoms with van der Waals surface area (Å²) in [6, 6.07) is 18.5. The maximum absolute atomic E-state index is 13.1. The fourth-order valence-corrected chi connectivity index (χ4v) is 6.92. The van der Waals surface area contributed by atoms with Gasteiger partial charge in [-0.05, 0) is 61.0 Å². The maximum Gasteiger partial charge on any atom is 0.251 e. The minimum atomic E-state index is -3.69. The number of carbonyl (C=O) groups is 2. The van der Waals surface area contributed by atoms with Gasteiger partial charge in [0, 0.05) is 30.4 Å². The van der Waals surface area contributed by atoms with E-state index >= 15 is 0 Å². The summed E-state index contributed by atoms with van der Waals surface area (Å²) in [6.45, 7) is 3.15. The molecule has 0 aliphatic carbocycles. The molecular weight excluding hydrogens is 633 g/mol. The van der Waals surface area contributed by atoms with Crippen molar-refractivity contribution in [1.82, 2.24) is 24.4 Å². The van der Waals surface area contributed by atoms with Gasteiger partial charge in [-0.2, -0.15) is 4.31 Å². The van der Waals surface area contributed by atoms with Gasteiger partial charge in [0.2, 0.25) is 15.9 Å². The highest BCUT2D eigenvalue weighted by Gasteiger charge is 2.26. The van der Waals surface area contributed by atoms with Crippen LogP contribution in [0.5, 0.6) is 11.5 Å². The Morgan fingerprint density at radius 1 is 0.978 bits per heavy atom. The van der Waals surface area contributed by atoms with E-state index in [-0.39, 0.29) is 41.8 Å². The molecule has 0 atom stereocenters. The fraction of sp³-hybridized carbons (Fsp3) is 0.290. The lowest BCUT2D eigenvalue weighted by molar-refractivity contribution is -0.113. The highest BCUT2D eigenvalue weighted by Crippen LogP contribution is 2.32. The molecule has 1 aromatic heterocycles. The van der Waals surface area contributed by atoms with E-state index in [9.17, 15) is 18.0 Å². The number of sulfonamides is 1. The third-order valence-electron chi connectivity index (χ3n) is 7.09. The Labute approximate surface area is 271 Å². The average molecular weight is 667 g/mol. The van der Waals surface area contributed by atoms with E-state index in [2.05, 4.69) is 20.8 Å². The molecular formula is C31H34N6O7S2. The lowest BCUT2D eigenvalue weighted by Gasteiger charge is -2.26. The van der Waals surface area contributed by atoms with Gasteiger partial charge >= 0.3 is 0 Å². The Morgan fingerprint density at radius 3 is 2.43 bits per heavy atom. The molecule has 46 heavy (non-hydrogen) atoms. The summed E-state index contributed by atoms with van der Waals surface area (Å²) < 4.78 is 45.3. The molecule has 2 heterocycles. The summed E-state index contributed by atoms with van der Waals surface area (Å²) in [4.78, 5) is 26.0. The van der Waals surface area contributed by atoms with Crippen molar-refractivity contribution in [3.05, 3.63) is 83.7 Å². The number of hydrogen-bond acceptors (Lipinski definition) is 10. The summed E-state index contributed by atoms with van der Waals surface area (Å²) in [7, 11) is -0.617. The zero-order valence-corrected chi connectivity index (χ0v) is 27.2. The summed E-state index contributed by atoms with van der Waals surface area (Å²) in [6.07, 6.45) is 0. The number of amides is 2.